The fourth-order valence-electron chi connectivity index (χ4n) is 2.85. The second-order valence-electron chi connectivity index (χ2n) is 5.78. The molecule has 0 aliphatic heterocycles. The number of amides is 1. The minimum atomic E-state index is -0.427. The number of nitrogens with zero attached hydrogens (tertiary/aromatic N) is 2. The van der Waals surface area contributed by atoms with Gasteiger partial charge in [0.25, 0.3) is 5.91 Å². The zero-order valence-electron chi connectivity index (χ0n) is 11.9. The van der Waals surface area contributed by atoms with Gasteiger partial charge >= 0.3 is 0 Å². The van der Waals surface area contributed by atoms with Crippen molar-refractivity contribution in [3.63, 3.8) is 0 Å². The molecule has 1 heterocycles. The molecule has 5 nitrogen and oxygen atoms in total. The van der Waals surface area contributed by atoms with Crippen molar-refractivity contribution in [1.82, 2.24) is 15.1 Å². The summed E-state index contributed by atoms with van der Waals surface area (Å²) in [6.07, 6.45) is 5.44. The summed E-state index contributed by atoms with van der Waals surface area (Å²) in [4.78, 5) is 12.3. The molecule has 106 valence electrons. The van der Waals surface area contributed by atoms with E-state index in [2.05, 4.69) is 10.4 Å². The maximum Gasteiger partial charge on any atom is 0.255 e. The zero-order chi connectivity index (χ0) is 14.0. The third-order valence-electron chi connectivity index (χ3n) is 4.02. The van der Waals surface area contributed by atoms with E-state index >= 15 is 0 Å². The molecule has 1 saturated carbocycles. The van der Waals surface area contributed by atoms with Crippen molar-refractivity contribution in [1.29, 1.82) is 0 Å². The Hall–Kier alpha value is -1.36. The summed E-state index contributed by atoms with van der Waals surface area (Å²) < 4.78 is 1.84. The van der Waals surface area contributed by atoms with Gasteiger partial charge in [-0.25, -0.2) is 0 Å². The standard InChI is InChI=1S/C14H23N3O2/c1-10(2)17-11(3)12(8-15-17)13(19)16-14(9-18)6-4-5-7-14/h8,10,18H,4-7,9H2,1-3H3,(H,16,19). The number of aliphatic hydroxyl groups is 1. The predicted molar refractivity (Wildman–Crippen MR) is 73.1 cm³/mol. The van der Waals surface area contributed by atoms with Crippen LogP contribution >= 0.6 is 0 Å². The van der Waals surface area contributed by atoms with Crippen molar-refractivity contribution >= 4 is 5.91 Å². The molecule has 2 N–H and O–H groups in total. The molecule has 5 heteroatoms. The van der Waals surface area contributed by atoms with Gasteiger partial charge in [0.1, 0.15) is 0 Å². The van der Waals surface area contributed by atoms with Crippen LogP contribution in [0.15, 0.2) is 6.20 Å². The van der Waals surface area contributed by atoms with E-state index in [1.54, 1.807) is 6.20 Å². The summed E-state index contributed by atoms with van der Waals surface area (Å²) in [6, 6.07) is 0.236. The van der Waals surface area contributed by atoms with Crippen molar-refractivity contribution in [2.24, 2.45) is 0 Å². The summed E-state index contributed by atoms with van der Waals surface area (Å²) in [6.45, 7) is 5.99. The third-order valence-corrected chi connectivity index (χ3v) is 4.02. The molecule has 2 rings (SSSR count). The minimum absolute atomic E-state index is 0.0100. The second kappa shape index (κ2) is 5.33. The van der Waals surface area contributed by atoms with E-state index in [0.717, 1.165) is 31.4 Å². The molecule has 0 spiro atoms. The van der Waals surface area contributed by atoms with Gasteiger partial charge in [-0.2, -0.15) is 5.10 Å². The molecule has 0 atom stereocenters. The molecule has 0 bridgehead atoms. The fourth-order valence-corrected chi connectivity index (χ4v) is 2.85. The third kappa shape index (κ3) is 2.66. The molecule has 1 aromatic rings. The van der Waals surface area contributed by atoms with Crippen LogP contribution < -0.4 is 5.32 Å². The molecule has 1 aliphatic carbocycles. The first-order valence-corrected chi connectivity index (χ1v) is 6.96. The zero-order valence-corrected chi connectivity index (χ0v) is 11.9. The topological polar surface area (TPSA) is 67.2 Å². The summed E-state index contributed by atoms with van der Waals surface area (Å²) in [5.74, 6) is -0.125. The van der Waals surface area contributed by atoms with Gasteiger partial charge in [0.05, 0.1) is 23.9 Å². The van der Waals surface area contributed by atoms with Crippen LogP contribution in [-0.4, -0.2) is 32.9 Å². The van der Waals surface area contributed by atoms with Crippen molar-refractivity contribution in [3.8, 4) is 0 Å². The molecule has 1 amide bonds. The molecular weight excluding hydrogens is 242 g/mol. The Labute approximate surface area is 114 Å². The highest BCUT2D eigenvalue weighted by molar-refractivity contribution is 5.95. The van der Waals surface area contributed by atoms with Gasteiger partial charge in [-0.1, -0.05) is 12.8 Å². The van der Waals surface area contributed by atoms with E-state index in [1.807, 2.05) is 25.5 Å². The first kappa shape index (κ1) is 14.1. The minimum Gasteiger partial charge on any atom is -0.394 e. The van der Waals surface area contributed by atoms with E-state index in [9.17, 15) is 9.90 Å². The first-order valence-electron chi connectivity index (χ1n) is 6.96. The molecule has 1 aromatic heterocycles. The van der Waals surface area contributed by atoms with Crippen LogP contribution in [0.25, 0.3) is 0 Å². The van der Waals surface area contributed by atoms with Crippen molar-refractivity contribution in [3.05, 3.63) is 17.5 Å². The Morgan fingerprint density at radius 3 is 2.63 bits per heavy atom. The van der Waals surface area contributed by atoms with Crippen molar-refractivity contribution in [2.45, 2.75) is 58.0 Å². The lowest BCUT2D eigenvalue weighted by Gasteiger charge is -2.27. The Morgan fingerprint density at radius 2 is 2.16 bits per heavy atom. The maximum atomic E-state index is 12.3. The molecule has 1 fully saturated rings. The highest BCUT2D eigenvalue weighted by Crippen LogP contribution is 2.29. The summed E-state index contributed by atoms with van der Waals surface area (Å²) >= 11 is 0. The number of aromatic nitrogens is 2. The number of hydrogen-bond donors (Lipinski definition) is 2. The van der Waals surface area contributed by atoms with Crippen molar-refractivity contribution in [2.75, 3.05) is 6.61 Å². The molecule has 0 unspecified atom stereocenters. The largest absolute Gasteiger partial charge is 0.394 e. The number of rotatable bonds is 4. The summed E-state index contributed by atoms with van der Waals surface area (Å²) in [5.41, 5.74) is 1.05. The lowest BCUT2D eigenvalue weighted by molar-refractivity contribution is 0.0837. The monoisotopic (exact) mass is 265 g/mol. The smallest absolute Gasteiger partial charge is 0.255 e. The average Bonchev–Trinajstić information content (AvgIpc) is 2.96. The van der Waals surface area contributed by atoms with E-state index in [0.29, 0.717) is 5.56 Å². The first-order chi connectivity index (χ1) is 8.99. The van der Waals surface area contributed by atoms with Gasteiger partial charge in [0.15, 0.2) is 0 Å². The summed E-state index contributed by atoms with van der Waals surface area (Å²) in [5, 5.41) is 16.8. The van der Waals surface area contributed by atoms with Crippen LogP contribution in [-0.2, 0) is 0 Å². The van der Waals surface area contributed by atoms with Gasteiger partial charge in [0.2, 0.25) is 0 Å². The highest BCUT2D eigenvalue weighted by Gasteiger charge is 2.35. The van der Waals surface area contributed by atoms with E-state index in [-0.39, 0.29) is 18.6 Å². The van der Waals surface area contributed by atoms with Crippen LogP contribution in [0.2, 0.25) is 0 Å². The SMILES string of the molecule is Cc1c(C(=O)NC2(CO)CCCC2)cnn1C(C)C. The normalized spacial score (nSPS) is 17.9. The van der Waals surface area contributed by atoms with Crippen LogP contribution in [0, 0.1) is 6.92 Å². The van der Waals surface area contributed by atoms with Gasteiger partial charge in [-0.15, -0.1) is 0 Å². The average molecular weight is 265 g/mol. The van der Waals surface area contributed by atoms with Crippen LogP contribution in [0.4, 0.5) is 0 Å². The Bertz CT molecular complexity index is 459. The van der Waals surface area contributed by atoms with Crippen LogP contribution in [0.3, 0.4) is 0 Å². The Kier molecular flexibility index (Phi) is 3.94. The van der Waals surface area contributed by atoms with Gasteiger partial charge in [-0.3, -0.25) is 9.48 Å². The number of carbonyl (C=O) groups excluding carboxylic acids is 1. The highest BCUT2D eigenvalue weighted by atomic mass is 16.3. The van der Waals surface area contributed by atoms with Crippen LogP contribution in [0.5, 0.6) is 0 Å². The quantitative estimate of drug-likeness (QED) is 0.872. The van der Waals surface area contributed by atoms with Gasteiger partial charge < -0.3 is 10.4 Å². The fraction of sp³-hybridized carbons (Fsp3) is 0.714. The Balaban J connectivity index is 2.16. The second-order valence-corrected chi connectivity index (χ2v) is 5.78. The molecule has 0 radical (unpaired) electrons. The summed E-state index contributed by atoms with van der Waals surface area (Å²) in [7, 11) is 0. The molecular formula is C14H23N3O2. The molecule has 0 saturated heterocycles. The maximum absolute atomic E-state index is 12.3. The molecule has 1 aliphatic rings. The predicted octanol–water partition coefficient (Wildman–Crippen LogP) is 1.81. The van der Waals surface area contributed by atoms with Gasteiger partial charge in [-0.05, 0) is 33.6 Å². The number of hydrogen-bond acceptors (Lipinski definition) is 3. The van der Waals surface area contributed by atoms with Crippen molar-refractivity contribution < 1.29 is 9.90 Å². The molecule has 0 aromatic carbocycles. The number of aliphatic hydroxyl groups excluding tert-OH is 1. The van der Waals surface area contributed by atoms with E-state index in [4.69, 9.17) is 0 Å². The van der Waals surface area contributed by atoms with E-state index in [1.165, 1.54) is 0 Å². The lowest BCUT2D eigenvalue weighted by atomic mass is 9.98. The number of nitrogens with one attached hydrogen (secondary N) is 1. The Morgan fingerprint density at radius 1 is 1.53 bits per heavy atom. The lowest BCUT2D eigenvalue weighted by Crippen LogP contribution is -2.49. The number of carbonyl (C=O) groups is 1. The molecule has 19 heavy (non-hydrogen) atoms. The van der Waals surface area contributed by atoms with Gasteiger partial charge in [0, 0.05) is 11.7 Å². The van der Waals surface area contributed by atoms with E-state index < -0.39 is 5.54 Å². The van der Waals surface area contributed by atoms with Crippen LogP contribution in [0.1, 0.15) is 61.6 Å².